The van der Waals surface area contributed by atoms with Gasteiger partial charge in [-0.1, -0.05) is 60.7 Å². The second-order valence-corrected chi connectivity index (χ2v) is 7.33. The minimum absolute atomic E-state index is 1.08. The minimum atomic E-state index is 1.08. The SMILES string of the molecule is c1cc2c3c(c1)-c1cccc4c1-c1c(ccc5ccc(c-3c15)C2)C4. The van der Waals surface area contributed by atoms with Gasteiger partial charge in [-0.3, -0.25) is 0 Å². The van der Waals surface area contributed by atoms with Crippen molar-refractivity contribution in [1.82, 2.24) is 0 Å². The van der Waals surface area contributed by atoms with Gasteiger partial charge in [0.1, 0.15) is 0 Å². The molecule has 0 unspecified atom stereocenters. The highest BCUT2D eigenvalue weighted by Crippen LogP contribution is 2.56. The molecule has 110 valence electrons. The van der Waals surface area contributed by atoms with Gasteiger partial charge in [-0.15, -0.1) is 0 Å². The lowest BCUT2D eigenvalue weighted by molar-refractivity contribution is 1.27. The number of hydrogen-bond acceptors (Lipinski definition) is 0. The molecule has 24 heavy (non-hydrogen) atoms. The average Bonchev–Trinajstić information content (AvgIpc) is 3.14. The van der Waals surface area contributed by atoms with Crippen LogP contribution in [-0.2, 0) is 12.8 Å². The molecule has 0 heteroatoms. The maximum Gasteiger partial charge on any atom is -0.00130 e. The average molecular weight is 302 g/mol. The molecule has 7 rings (SSSR count). The number of benzene rings is 4. The maximum absolute atomic E-state index is 2.35. The second kappa shape index (κ2) is 3.62. The molecule has 0 fully saturated rings. The van der Waals surface area contributed by atoms with Crippen molar-refractivity contribution < 1.29 is 0 Å². The van der Waals surface area contributed by atoms with Crippen molar-refractivity contribution in [3.8, 4) is 33.4 Å². The quantitative estimate of drug-likeness (QED) is 0.324. The van der Waals surface area contributed by atoms with Gasteiger partial charge in [-0.05, 0) is 79.2 Å². The molecule has 0 heterocycles. The van der Waals surface area contributed by atoms with Crippen molar-refractivity contribution in [1.29, 1.82) is 0 Å². The summed E-state index contributed by atoms with van der Waals surface area (Å²) in [4.78, 5) is 0. The summed E-state index contributed by atoms with van der Waals surface area (Å²) in [5.74, 6) is 0. The van der Waals surface area contributed by atoms with E-state index in [1.807, 2.05) is 0 Å². The van der Waals surface area contributed by atoms with Gasteiger partial charge >= 0.3 is 0 Å². The zero-order valence-electron chi connectivity index (χ0n) is 13.2. The largest absolute Gasteiger partial charge is 0.0613 e. The van der Waals surface area contributed by atoms with E-state index >= 15 is 0 Å². The zero-order valence-corrected chi connectivity index (χ0v) is 13.2. The Balaban J connectivity index is 1.89. The first kappa shape index (κ1) is 11.6. The highest BCUT2D eigenvalue weighted by molar-refractivity contribution is 6.18. The molecule has 3 aliphatic rings. The smallest absolute Gasteiger partial charge is 0.00130 e. The topological polar surface area (TPSA) is 0 Å². The summed E-state index contributed by atoms with van der Waals surface area (Å²) < 4.78 is 0. The highest BCUT2D eigenvalue weighted by atomic mass is 14.4. The first-order chi connectivity index (χ1) is 11.9. The van der Waals surface area contributed by atoms with Crippen LogP contribution in [0.25, 0.3) is 44.2 Å². The summed E-state index contributed by atoms with van der Waals surface area (Å²) in [5, 5.41) is 2.89. The van der Waals surface area contributed by atoms with Crippen molar-refractivity contribution in [3.63, 3.8) is 0 Å². The lowest BCUT2D eigenvalue weighted by Gasteiger charge is -2.11. The predicted octanol–water partition coefficient (Wildman–Crippen LogP) is 5.96. The molecule has 4 aromatic carbocycles. The number of rotatable bonds is 0. The van der Waals surface area contributed by atoms with Gasteiger partial charge in [0.2, 0.25) is 0 Å². The molecule has 0 bridgehead atoms. The Morgan fingerprint density at radius 2 is 0.958 bits per heavy atom. The van der Waals surface area contributed by atoms with Crippen molar-refractivity contribution in [2.75, 3.05) is 0 Å². The Morgan fingerprint density at radius 3 is 1.50 bits per heavy atom. The fraction of sp³-hybridized carbons (Fsp3) is 0.0833. The van der Waals surface area contributed by atoms with Gasteiger partial charge in [0, 0.05) is 0 Å². The first-order valence-electron chi connectivity index (χ1n) is 8.72. The summed E-state index contributed by atoms with van der Waals surface area (Å²) in [7, 11) is 0. The molecule has 0 amide bonds. The van der Waals surface area contributed by atoms with E-state index in [0.29, 0.717) is 0 Å². The van der Waals surface area contributed by atoms with E-state index < -0.39 is 0 Å². The fourth-order valence-electron chi connectivity index (χ4n) is 5.31. The summed E-state index contributed by atoms with van der Waals surface area (Å²) in [5.41, 5.74) is 14.9. The van der Waals surface area contributed by atoms with Crippen molar-refractivity contribution >= 4 is 10.8 Å². The van der Waals surface area contributed by atoms with Gasteiger partial charge in [-0.2, -0.15) is 0 Å². The monoisotopic (exact) mass is 302 g/mol. The molecule has 0 nitrogen and oxygen atoms in total. The van der Waals surface area contributed by atoms with Gasteiger partial charge in [0.05, 0.1) is 0 Å². The van der Waals surface area contributed by atoms with Gasteiger partial charge in [0.25, 0.3) is 0 Å². The molecule has 0 spiro atoms. The van der Waals surface area contributed by atoms with Crippen LogP contribution in [0.2, 0.25) is 0 Å². The first-order valence-corrected chi connectivity index (χ1v) is 8.72. The van der Waals surface area contributed by atoms with E-state index in [2.05, 4.69) is 60.7 Å². The van der Waals surface area contributed by atoms with Crippen LogP contribution < -0.4 is 0 Å². The molecule has 0 aromatic heterocycles. The van der Waals surface area contributed by atoms with Crippen LogP contribution in [-0.4, -0.2) is 0 Å². The van der Waals surface area contributed by atoms with E-state index in [0.717, 1.165) is 12.8 Å². The molecule has 0 N–H and O–H groups in total. The van der Waals surface area contributed by atoms with E-state index in [1.54, 1.807) is 0 Å². The lowest BCUT2D eigenvalue weighted by atomic mass is 9.92. The van der Waals surface area contributed by atoms with Gasteiger partial charge < -0.3 is 0 Å². The maximum atomic E-state index is 2.35. The number of fused-ring (bicyclic) bond motifs is 1. The van der Waals surface area contributed by atoms with E-state index in [1.165, 1.54) is 66.4 Å². The highest BCUT2D eigenvalue weighted by Gasteiger charge is 2.33. The van der Waals surface area contributed by atoms with Gasteiger partial charge in [0.15, 0.2) is 0 Å². The number of hydrogen-bond donors (Lipinski definition) is 0. The molecule has 4 aromatic rings. The van der Waals surface area contributed by atoms with Crippen molar-refractivity contribution in [2.45, 2.75) is 12.8 Å². The molecule has 3 aliphatic carbocycles. The Labute approximate surface area is 140 Å². The van der Waals surface area contributed by atoms with Crippen LogP contribution in [0.1, 0.15) is 22.3 Å². The Kier molecular flexibility index (Phi) is 1.76. The van der Waals surface area contributed by atoms with Crippen molar-refractivity contribution in [2.24, 2.45) is 0 Å². The van der Waals surface area contributed by atoms with Crippen LogP contribution in [0.4, 0.5) is 0 Å². The molecule has 0 saturated carbocycles. The van der Waals surface area contributed by atoms with E-state index in [4.69, 9.17) is 0 Å². The fourth-order valence-corrected chi connectivity index (χ4v) is 5.31. The van der Waals surface area contributed by atoms with Crippen molar-refractivity contribution in [3.05, 3.63) is 82.9 Å². The Hall–Kier alpha value is -2.86. The third-order valence-electron chi connectivity index (χ3n) is 6.21. The standard InChI is InChI=1S/C24H14/c1-3-14-11-16-9-7-13-8-10-17-12-15-4-2-6-19-18(5-1)20(14)23(16)22(13)24(17)21(15)19/h1-10H,11-12H2. The molecule has 0 atom stereocenters. The molecular weight excluding hydrogens is 288 g/mol. The van der Waals surface area contributed by atoms with Gasteiger partial charge in [-0.25, -0.2) is 0 Å². The second-order valence-electron chi connectivity index (χ2n) is 7.33. The molecule has 0 saturated heterocycles. The normalized spacial score (nSPS) is 14.3. The summed E-state index contributed by atoms with van der Waals surface area (Å²) >= 11 is 0. The van der Waals surface area contributed by atoms with Crippen LogP contribution >= 0.6 is 0 Å². The van der Waals surface area contributed by atoms with E-state index in [-0.39, 0.29) is 0 Å². The van der Waals surface area contributed by atoms with Crippen LogP contribution in [0.3, 0.4) is 0 Å². The zero-order chi connectivity index (χ0) is 15.4. The lowest BCUT2D eigenvalue weighted by Crippen LogP contribution is -1.88. The van der Waals surface area contributed by atoms with E-state index in [9.17, 15) is 0 Å². The van der Waals surface area contributed by atoms with Crippen LogP contribution in [0, 0.1) is 0 Å². The third-order valence-corrected chi connectivity index (χ3v) is 6.21. The molecule has 0 aliphatic heterocycles. The van der Waals surface area contributed by atoms with Crippen LogP contribution in [0.5, 0.6) is 0 Å². The third kappa shape index (κ3) is 1.12. The summed E-state index contributed by atoms with van der Waals surface area (Å²) in [6, 6.07) is 23.1. The summed E-state index contributed by atoms with van der Waals surface area (Å²) in [6.45, 7) is 0. The minimum Gasteiger partial charge on any atom is -0.0613 e. The Bertz CT molecular complexity index is 1150. The van der Waals surface area contributed by atoms with Crippen LogP contribution in [0.15, 0.2) is 60.7 Å². The molecule has 0 radical (unpaired) electrons. The Morgan fingerprint density at radius 1 is 0.458 bits per heavy atom. The predicted molar refractivity (Wildman–Crippen MR) is 99.4 cm³/mol. The molecular formula is C24H14. The summed E-state index contributed by atoms with van der Waals surface area (Å²) in [6.07, 6.45) is 2.15.